The van der Waals surface area contributed by atoms with Crippen molar-refractivity contribution in [1.82, 2.24) is 26.6 Å². The van der Waals surface area contributed by atoms with Crippen LogP contribution in [0.3, 0.4) is 0 Å². The lowest BCUT2D eigenvalue weighted by atomic mass is 9.81. The monoisotopic (exact) mass is 633 g/mol. The molecule has 3 aliphatic rings. The fourth-order valence-electron chi connectivity index (χ4n) is 6.07. The number of aliphatic imine (C=N–C) groups is 1. The molecule has 10 nitrogen and oxygen atoms in total. The number of fused-ring (bicyclic) bond motifs is 3. The number of nitrogens with zero attached hydrogens (tertiary/aromatic N) is 5. The Balaban J connectivity index is 1.21. The van der Waals surface area contributed by atoms with Gasteiger partial charge >= 0.3 is 0 Å². The van der Waals surface area contributed by atoms with Crippen LogP contribution < -0.4 is 31.6 Å². The standard InChI is InChI=1S/C35H36ClN9O/c1-43(2)29-14-9-24(10-15-29)20-37-19-23-7-11-26(12-8-23)35(46,32-21-38-22-44(32)3)27-13-16-31-30(18-27)33(25-5-4-6-28(36)17-25)39-34-40-41-42-45(31)34/h4-18,21,37-38,41-42,46H,19-20,22H2,1-3H3. The van der Waals surface area contributed by atoms with Gasteiger partial charge in [-0.2, -0.15) is 0 Å². The van der Waals surface area contributed by atoms with E-state index in [0.717, 1.165) is 40.2 Å². The molecule has 0 amide bonds. The molecule has 0 bridgehead atoms. The molecule has 0 aromatic heterocycles. The SMILES string of the molecule is CN1CNC=C1C(O)(c1ccc(CNCc2ccc(N(C)C)cc2)cc1)c1ccc2c(c1)C(c1cccc(Cl)c1)=NC1=NNNN12. The quantitative estimate of drug-likeness (QED) is 0.187. The molecule has 7 rings (SSSR count). The van der Waals surface area contributed by atoms with Crippen LogP contribution in [0.2, 0.25) is 5.02 Å². The first-order valence-corrected chi connectivity index (χ1v) is 15.5. The number of guanidine groups is 1. The third kappa shape index (κ3) is 5.45. The first kappa shape index (κ1) is 29.8. The van der Waals surface area contributed by atoms with Crippen LogP contribution in [0.5, 0.6) is 0 Å². The number of halogens is 1. The Labute approximate surface area is 273 Å². The van der Waals surface area contributed by atoms with Crippen molar-refractivity contribution >= 4 is 34.6 Å². The van der Waals surface area contributed by atoms with Crippen molar-refractivity contribution < 1.29 is 5.11 Å². The topological polar surface area (TPSA) is 103 Å². The van der Waals surface area contributed by atoms with Gasteiger partial charge in [0.1, 0.15) is 0 Å². The summed E-state index contributed by atoms with van der Waals surface area (Å²) in [5.74, 6) is 0.489. The second-order valence-electron chi connectivity index (χ2n) is 11.8. The predicted octanol–water partition coefficient (Wildman–Crippen LogP) is 4.22. The molecule has 1 unspecified atom stereocenters. The molecule has 0 saturated heterocycles. The van der Waals surface area contributed by atoms with Gasteiger partial charge in [0, 0.05) is 62.3 Å². The molecule has 11 heteroatoms. The minimum atomic E-state index is -1.45. The number of likely N-dealkylation sites (N-methyl/N-ethyl adjacent to an activating group) is 1. The van der Waals surface area contributed by atoms with Gasteiger partial charge in [-0.15, -0.1) is 10.6 Å². The van der Waals surface area contributed by atoms with E-state index < -0.39 is 5.60 Å². The van der Waals surface area contributed by atoms with Gasteiger partial charge in [0.15, 0.2) is 5.60 Å². The molecule has 1 atom stereocenters. The van der Waals surface area contributed by atoms with Crippen LogP contribution in [-0.4, -0.2) is 49.5 Å². The maximum atomic E-state index is 12.8. The van der Waals surface area contributed by atoms with E-state index in [1.807, 2.05) is 86.8 Å². The van der Waals surface area contributed by atoms with Gasteiger partial charge in [-0.05, 0) is 58.7 Å². The van der Waals surface area contributed by atoms with E-state index in [1.165, 1.54) is 11.3 Å². The summed E-state index contributed by atoms with van der Waals surface area (Å²) < 4.78 is 0. The van der Waals surface area contributed by atoms with Crippen molar-refractivity contribution in [2.75, 3.05) is 37.7 Å². The van der Waals surface area contributed by atoms with Crippen LogP contribution in [0.4, 0.5) is 11.4 Å². The number of hydrazine groups is 2. The Kier molecular flexibility index (Phi) is 7.87. The summed E-state index contributed by atoms with van der Waals surface area (Å²) in [6.45, 7) is 2.07. The first-order valence-electron chi connectivity index (χ1n) is 15.1. The summed E-state index contributed by atoms with van der Waals surface area (Å²) in [4.78, 5) is 8.98. The zero-order valence-corrected chi connectivity index (χ0v) is 26.7. The summed E-state index contributed by atoms with van der Waals surface area (Å²) >= 11 is 6.39. The minimum absolute atomic E-state index is 0.489. The van der Waals surface area contributed by atoms with Gasteiger partial charge in [-0.25, -0.2) is 15.5 Å². The van der Waals surface area contributed by atoms with Crippen molar-refractivity contribution in [3.8, 4) is 0 Å². The van der Waals surface area contributed by atoms with Crippen LogP contribution in [0, 0.1) is 0 Å². The van der Waals surface area contributed by atoms with Gasteiger partial charge in [-0.3, -0.25) is 0 Å². The maximum absolute atomic E-state index is 12.8. The first-order chi connectivity index (χ1) is 22.3. The van der Waals surface area contributed by atoms with E-state index in [0.29, 0.717) is 35.5 Å². The van der Waals surface area contributed by atoms with E-state index in [-0.39, 0.29) is 0 Å². The average molecular weight is 634 g/mol. The molecular formula is C35H36ClN9O. The van der Waals surface area contributed by atoms with Gasteiger partial charge in [0.05, 0.1) is 23.8 Å². The molecule has 3 heterocycles. The molecule has 0 radical (unpaired) electrons. The molecule has 234 valence electrons. The van der Waals surface area contributed by atoms with Crippen LogP contribution in [0.15, 0.2) is 113 Å². The summed E-state index contributed by atoms with van der Waals surface area (Å²) in [5, 5.41) is 26.3. The number of benzene rings is 4. The maximum Gasteiger partial charge on any atom is 0.265 e. The number of hydrogen-bond donors (Lipinski definition) is 5. The lowest BCUT2D eigenvalue weighted by Crippen LogP contribution is -2.44. The zero-order valence-electron chi connectivity index (χ0n) is 25.9. The van der Waals surface area contributed by atoms with E-state index in [9.17, 15) is 5.11 Å². The fourth-order valence-corrected chi connectivity index (χ4v) is 6.26. The Bertz CT molecular complexity index is 1850. The lowest BCUT2D eigenvalue weighted by Gasteiger charge is -2.35. The number of rotatable bonds is 9. The zero-order chi connectivity index (χ0) is 31.8. The highest BCUT2D eigenvalue weighted by Crippen LogP contribution is 2.41. The fraction of sp³-hybridized carbons (Fsp3) is 0.200. The molecule has 4 aromatic carbocycles. The normalized spacial score (nSPS) is 16.4. The largest absolute Gasteiger partial charge is 0.378 e. The van der Waals surface area contributed by atoms with Crippen LogP contribution >= 0.6 is 11.6 Å². The molecule has 0 saturated carbocycles. The summed E-state index contributed by atoms with van der Waals surface area (Å²) in [5.41, 5.74) is 13.4. The third-order valence-electron chi connectivity index (χ3n) is 8.57. The summed E-state index contributed by atoms with van der Waals surface area (Å²) in [6.07, 6.45) is 1.89. The highest BCUT2D eigenvalue weighted by Gasteiger charge is 2.41. The molecule has 3 aliphatic heterocycles. The van der Waals surface area contributed by atoms with E-state index in [2.05, 4.69) is 68.1 Å². The lowest BCUT2D eigenvalue weighted by molar-refractivity contribution is 0.0930. The number of anilines is 2. The molecule has 0 aliphatic carbocycles. The van der Waals surface area contributed by atoms with Gasteiger partial charge in [0.25, 0.3) is 5.96 Å². The van der Waals surface area contributed by atoms with Crippen LogP contribution in [-0.2, 0) is 18.7 Å². The van der Waals surface area contributed by atoms with E-state index in [4.69, 9.17) is 16.6 Å². The Morgan fingerprint density at radius 3 is 2.33 bits per heavy atom. The Morgan fingerprint density at radius 2 is 1.65 bits per heavy atom. The molecule has 4 aromatic rings. The molecule has 46 heavy (non-hydrogen) atoms. The molecule has 0 fully saturated rings. The molecular weight excluding hydrogens is 598 g/mol. The van der Waals surface area contributed by atoms with Crippen molar-refractivity contribution in [2.24, 2.45) is 10.1 Å². The highest BCUT2D eigenvalue weighted by atomic mass is 35.5. The number of nitrogens with one attached hydrogen (secondary N) is 4. The number of hydrazone groups is 1. The van der Waals surface area contributed by atoms with Crippen molar-refractivity contribution in [3.63, 3.8) is 0 Å². The van der Waals surface area contributed by atoms with E-state index in [1.54, 1.807) is 5.01 Å². The Morgan fingerprint density at radius 1 is 0.935 bits per heavy atom. The van der Waals surface area contributed by atoms with Crippen molar-refractivity contribution in [2.45, 2.75) is 18.7 Å². The summed E-state index contributed by atoms with van der Waals surface area (Å²) in [6, 6.07) is 30.3. The molecule has 5 N–H and O–H groups in total. The van der Waals surface area contributed by atoms with Gasteiger partial charge in [-0.1, -0.05) is 66.2 Å². The van der Waals surface area contributed by atoms with Crippen LogP contribution in [0.1, 0.15) is 33.4 Å². The number of aliphatic hydroxyl groups is 1. The molecule has 0 spiro atoms. The Hall–Kier alpha value is -4.87. The van der Waals surface area contributed by atoms with Gasteiger partial charge < -0.3 is 25.5 Å². The second-order valence-corrected chi connectivity index (χ2v) is 12.3. The van der Waals surface area contributed by atoms with Crippen LogP contribution in [0.25, 0.3) is 0 Å². The van der Waals surface area contributed by atoms with Crippen molar-refractivity contribution in [1.29, 1.82) is 0 Å². The predicted molar refractivity (Wildman–Crippen MR) is 184 cm³/mol. The highest BCUT2D eigenvalue weighted by molar-refractivity contribution is 6.32. The third-order valence-corrected chi connectivity index (χ3v) is 8.80. The minimum Gasteiger partial charge on any atom is -0.378 e. The number of hydrogen-bond acceptors (Lipinski definition) is 10. The van der Waals surface area contributed by atoms with Gasteiger partial charge in [0.2, 0.25) is 0 Å². The van der Waals surface area contributed by atoms with Crippen molar-refractivity contribution in [3.05, 3.63) is 141 Å². The smallest absolute Gasteiger partial charge is 0.265 e. The van der Waals surface area contributed by atoms with E-state index >= 15 is 0 Å². The summed E-state index contributed by atoms with van der Waals surface area (Å²) in [7, 11) is 6.06. The second kappa shape index (κ2) is 12.1. The average Bonchev–Trinajstić information content (AvgIpc) is 3.73.